The zero-order valence-electron chi connectivity index (χ0n) is 32.5. The molecule has 46 heavy (non-hydrogen) atoms. The van der Waals surface area contributed by atoms with Gasteiger partial charge in [-0.15, -0.1) is 0 Å². The number of imidazole rings is 1. The highest BCUT2D eigenvalue weighted by Gasteiger charge is 2.25. The van der Waals surface area contributed by atoms with Crippen molar-refractivity contribution in [3.63, 3.8) is 0 Å². The van der Waals surface area contributed by atoms with E-state index < -0.39 is 0 Å². The molecule has 1 heterocycles. The summed E-state index contributed by atoms with van der Waals surface area (Å²) < 4.78 is 2.64. The van der Waals surface area contributed by atoms with E-state index in [0.29, 0.717) is 12.0 Å². The third-order valence-electron chi connectivity index (χ3n) is 10.9. The van der Waals surface area contributed by atoms with E-state index in [1.807, 2.05) is 0 Å². The van der Waals surface area contributed by atoms with Crippen LogP contribution in [0.15, 0.2) is 12.4 Å². The van der Waals surface area contributed by atoms with E-state index in [-0.39, 0.29) is 0 Å². The topological polar surface area (TPSA) is 19.7 Å². The van der Waals surface area contributed by atoms with E-state index in [4.69, 9.17) is 0 Å². The molecular weight excluding hydrogens is 556 g/mol. The van der Waals surface area contributed by atoms with Crippen LogP contribution in [0.5, 0.6) is 0 Å². The highest BCUT2D eigenvalue weighted by molar-refractivity contribution is 4.90. The molecule has 1 aromatic rings. The number of nitrogens with zero attached hydrogens (tertiary/aromatic N) is 1. The van der Waals surface area contributed by atoms with Crippen LogP contribution < -0.4 is 4.57 Å². The summed E-state index contributed by atoms with van der Waals surface area (Å²) >= 11 is 0. The van der Waals surface area contributed by atoms with Crippen LogP contribution in [0.3, 0.4) is 0 Å². The molecule has 1 rings (SSSR count). The Hall–Kier alpha value is -0.790. The fourth-order valence-corrected chi connectivity index (χ4v) is 7.66. The van der Waals surface area contributed by atoms with Gasteiger partial charge in [-0.05, 0) is 32.6 Å². The number of aromatic nitrogens is 2. The summed E-state index contributed by atoms with van der Waals surface area (Å²) in [5.41, 5.74) is 0. The molecule has 2 nitrogen and oxygen atoms in total. The Balaban J connectivity index is 2.34. The van der Waals surface area contributed by atoms with Gasteiger partial charge in [-0.3, -0.25) is 0 Å². The molecule has 272 valence electrons. The Bertz CT molecular complexity index is 709. The SMILES string of the molecule is CCCCCCCCCCCCCCCCC(CCCCCCCCCCCCCCC)c1[nH]cc[n+]1C(C)CCCCCCC. The molecule has 0 bridgehead atoms. The molecule has 0 fully saturated rings. The Morgan fingerprint density at radius 1 is 0.413 bits per heavy atom. The van der Waals surface area contributed by atoms with Crippen LogP contribution in [0.4, 0.5) is 0 Å². The fourth-order valence-electron chi connectivity index (χ4n) is 7.66. The standard InChI is InChI=1S/C44H86N2/c1-5-8-11-14-16-18-20-22-24-26-28-30-33-36-39-43(38-35-32-29-27-25-23-21-19-17-15-12-9-6-2)44-45-40-41-46(44)42(4)37-34-31-13-10-7-3/h40-43H,5-39H2,1-4H3/p+1. The predicted molar refractivity (Wildman–Crippen MR) is 207 cm³/mol. The molecule has 2 heteroatoms. The second kappa shape index (κ2) is 34.1. The molecule has 0 radical (unpaired) electrons. The molecule has 2 unspecified atom stereocenters. The maximum absolute atomic E-state index is 3.76. The molecule has 0 aromatic carbocycles. The van der Waals surface area contributed by atoms with Crippen LogP contribution in [0.25, 0.3) is 0 Å². The number of unbranched alkanes of at least 4 members (excludes halogenated alkanes) is 29. The first kappa shape index (κ1) is 43.2. The molecule has 0 spiro atoms. The van der Waals surface area contributed by atoms with Crippen LogP contribution in [-0.4, -0.2) is 4.98 Å². The summed E-state index contributed by atoms with van der Waals surface area (Å²) in [6, 6.07) is 0.619. The number of rotatable bonds is 37. The van der Waals surface area contributed by atoms with Crippen molar-refractivity contribution in [2.45, 2.75) is 264 Å². The van der Waals surface area contributed by atoms with Gasteiger partial charge in [-0.2, -0.15) is 0 Å². The van der Waals surface area contributed by atoms with Gasteiger partial charge in [0.15, 0.2) is 0 Å². The molecule has 0 saturated carbocycles. The van der Waals surface area contributed by atoms with Gasteiger partial charge in [-0.25, -0.2) is 9.55 Å². The minimum atomic E-state index is 0.619. The monoisotopic (exact) mass is 644 g/mol. The van der Waals surface area contributed by atoms with Crippen molar-refractivity contribution in [3.05, 3.63) is 18.2 Å². The normalized spacial score (nSPS) is 13.0. The lowest BCUT2D eigenvalue weighted by molar-refractivity contribution is -0.727. The minimum absolute atomic E-state index is 0.619. The molecular formula is C44H87N2+. The highest BCUT2D eigenvalue weighted by atomic mass is 15.1. The Morgan fingerprint density at radius 2 is 0.696 bits per heavy atom. The van der Waals surface area contributed by atoms with Crippen LogP contribution in [-0.2, 0) is 0 Å². The van der Waals surface area contributed by atoms with E-state index >= 15 is 0 Å². The average Bonchev–Trinajstić information content (AvgIpc) is 3.56. The first-order valence-corrected chi connectivity index (χ1v) is 21.8. The van der Waals surface area contributed by atoms with Gasteiger partial charge in [-0.1, -0.05) is 220 Å². The second-order valence-electron chi connectivity index (χ2n) is 15.4. The molecule has 0 aliphatic carbocycles. The predicted octanol–water partition coefficient (Wildman–Crippen LogP) is 15.7. The summed E-state index contributed by atoms with van der Waals surface area (Å²) in [5, 5.41) is 0. The zero-order valence-corrected chi connectivity index (χ0v) is 32.5. The second-order valence-corrected chi connectivity index (χ2v) is 15.4. The number of aromatic amines is 1. The molecule has 0 aliphatic heterocycles. The smallest absolute Gasteiger partial charge is 0.247 e. The van der Waals surface area contributed by atoms with Gasteiger partial charge in [0.05, 0.1) is 12.0 Å². The van der Waals surface area contributed by atoms with Crippen molar-refractivity contribution in [2.24, 2.45) is 0 Å². The summed E-state index contributed by atoms with van der Waals surface area (Å²) in [4.78, 5) is 3.76. The van der Waals surface area contributed by atoms with E-state index in [9.17, 15) is 0 Å². The molecule has 0 saturated heterocycles. The number of hydrogen-bond acceptors (Lipinski definition) is 0. The Kier molecular flexibility index (Phi) is 32.0. The van der Waals surface area contributed by atoms with Crippen molar-refractivity contribution in [2.75, 3.05) is 0 Å². The fraction of sp³-hybridized carbons (Fsp3) is 0.932. The number of H-pyrrole nitrogens is 1. The van der Waals surface area contributed by atoms with Crippen LogP contribution in [0.2, 0.25) is 0 Å². The first-order chi connectivity index (χ1) is 22.7. The van der Waals surface area contributed by atoms with Gasteiger partial charge >= 0.3 is 0 Å². The third-order valence-corrected chi connectivity index (χ3v) is 10.9. The van der Waals surface area contributed by atoms with E-state index in [1.165, 1.54) is 231 Å². The zero-order chi connectivity index (χ0) is 33.2. The Morgan fingerprint density at radius 3 is 1.02 bits per heavy atom. The first-order valence-electron chi connectivity index (χ1n) is 21.8. The van der Waals surface area contributed by atoms with Crippen molar-refractivity contribution in [3.8, 4) is 0 Å². The molecule has 2 atom stereocenters. The molecule has 1 N–H and O–H groups in total. The minimum Gasteiger partial charge on any atom is -0.247 e. The van der Waals surface area contributed by atoms with Crippen molar-refractivity contribution >= 4 is 0 Å². The summed E-state index contributed by atoms with van der Waals surface area (Å²) in [5.74, 6) is 2.25. The average molecular weight is 644 g/mol. The maximum Gasteiger partial charge on any atom is 0.257 e. The summed E-state index contributed by atoms with van der Waals surface area (Å²) in [6.07, 6.45) is 54.7. The van der Waals surface area contributed by atoms with E-state index in [2.05, 4.69) is 49.6 Å². The number of hydrogen-bond donors (Lipinski definition) is 1. The lowest BCUT2D eigenvalue weighted by Crippen LogP contribution is -2.41. The lowest BCUT2D eigenvalue weighted by Gasteiger charge is -2.17. The summed E-state index contributed by atoms with van der Waals surface area (Å²) in [7, 11) is 0. The maximum atomic E-state index is 3.76. The molecule has 0 amide bonds. The highest BCUT2D eigenvalue weighted by Crippen LogP contribution is 2.27. The van der Waals surface area contributed by atoms with Crippen molar-refractivity contribution in [1.29, 1.82) is 0 Å². The molecule has 0 aliphatic rings. The van der Waals surface area contributed by atoms with Crippen molar-refractivity contribution in [1.82, 2.24) is 4.98 Å². The van der Waals surface area contributed by atoms with Crippen molar-refractivity contribution < 1.29 is 4.57 Å². The van der Waals surface area contributed by atoms with Gasteiger partial charge in [0.25, 0.3) is 5.82 Å². The largest absolute Gasteiger partial charge is 0.257 e. The van der Waals surface area contributed by atoms with E-state index in [0.717, 1.165) is 0 Å². The quantitative estimate of drug-likeness (QED) is 0.0550. The third kappa shape index (κ3) is 25.3. The summed E-state index contributed by atoms with van der Waals surface area (Å²) in [6.45, 7) is 9.41. The molecule has 1 aromatic heterocycles. The lowest BCUT2D eigenvalue weighted by atomic mass is 9.92. The van der Waals surface area contributed by atoms with Crippen LogP contribution >= 0.6 is 0 Å². The van der Waals surface area contributed by atoms with Crippen LogP contribution in [0.1, 0.15) is 270 Å². The number of nitrogens with one attached hydrogen (secondary N) is 1. The van der Waals surface area contributed by atoms with Gasteiger partial charge in [0.1, 0.15) is 12.4 Å². The van der Waals surface area contributed by atoms with Gasteiger partial charge in [0.2, 0.25) is 0 Å². The van der Waals surface area contributed by atoms with E-state index in [1.54, 1.807) is 0 Å². The van der Waals surface area contributed by atoms with Gasteiger partial charge < -0.3 is 0 Å². The van der Waals surface area contributed by atoms with Gasteiger partial charge in [0, 0.05) is 0 Å². The van der Waals surface area contributed by atoms with Crippen LogP contribution in [0, 0.1) is 0 Å². The Labute approximate surface area is 291 Å².